The van der Waals surface area contributed by atoms with Crippen molar-refractivity contribution in [2.75, 3.05) is 13.2 Å². The zero-order valence-corrected chi connectivity index (χ0v) is 10.4. The predicted octanol–water partition coefficient (Wildman–Crippen LogP) is 3.11. The van der Waals surface area contributed by atoms with Gasteiger partial charge in [0.2, 0.25) is 0 Å². The van der Waals surface area contributed by atoms with Gasteiger partial charge in [-0.15, -0.1) is 0 Å². The zero-order chi connectivity index (χ0) is 12.8. The molecule has 2 rings (SSSR count). The fourth-order valence-electron chi connectivity index (χ4n) is 1.90. The highest BCUT2D eigenvalue weighted by atomic mass is 16.7. The van der Waals surface area contributed by atoms with Crippen LogP contribution in [0.4, 0.5) is 0 Å². The second-order valence-corrected chi connectivity index (χ2v) is 4.40. The lowest BCUT2D eigenvalue weighted by Gasteiger charge is -2.23. The molecule has 1 aliphatic heterocycles. The van der Waals surface area contributed by atoms with Gasteiger partial charge in [0, 0.05) is 6.61 Å². The largest absolute Gasteiger partial charge is 0.353 e. The van der Waals surface area contributed by atoms with Crippen LogP contribution in [0.2, 0.25) is 0 Å². The second-order valence-electron chi connectivity index (χ2n) is 4.40. The molecule has 1 aromatic rings. The minimum Gasteiger partial charge on any atom is -0.353 e. The summed E-state index contributed by atoms with van der Waals surface area (Å²) < 4.78 is 11.2. The Bertz CT molecular complexity index is 439. The van der Waals surface area contributed by atoms with Crippen LogP contribution in [-0.4, -0.2) is 19.5 Å². The molecule has 0 aromatic heterocycles. The molecule has 0 aliphatic carbocycles. The molecule has 1 unspecified atom stereocenters. The molecule has 1 aliphatic rings. The summed E-state index contributed by atoms with van der Waals surface area (Å²) in [4.78, 5) is 0. The third kappa shape index (κ3) is 3.43. The van der Waals surface area contributed by atoms with Gasteiger partial charge >= 0.3 is 0 Å². The van der Waals surface area contributed by atoms with Crippen LogP contribution < -0.4 is 0 Å². The van der Waals surface area contributed by atoms with Gasteiger partial charge in [-0.05, 0) is 42.5 Å². The maximum Gasteiger partial charge on any atom is 0.158 e. The average molecular weight is 243 g/mol. The second kappa shape index (κ2) is 6.34. The van der Waals surface area contributed by atoms with Crippen LogP contribution in [0.1, 0.15) is 30.4 Å². The molecule has 18 heavy (non-hydrogen) atoms. The summed E-state index contributed by atoms with van der Waals surface area (Å²) >= 11 is 0. The Morgan fingerprint density at radius 1 is 1.39 bits per heavy atom. The maximum absolute atomic E-state index is 8.73. The number of ether oxygens (including phenoxy) is 2. The molecule has 1 fully saturated rings. The number of nitrogens with zero attached hydrogens (tertiary/aromatic N) is 1. The molecular formula is C15H17NO2. The smallest absolute Gasteiger partial charge is 0.158 e. The summed E-state index contributed by atoms with van der Waals surface area (Å²) in [6.07, 6.45) is 3.15. The molecular weight excluding hydrogens is 226 g/mol. The van der Waals surface area contributed by atoms with E-state index >= 15 is 0 Å². The molecule has 1 saturated heterocycles. The molecule has 1 atom stereocenters. The Labute approximate surface area is 108 Å². The molecule has 0 spiro atoms. The lowest BCUT2D eigenvalue weighted by molar-refractivity contribution is -0.154. The molecule has 0 radical (unpaired) electrons. The van der Waals surface area contributed by atoms with E-state index in [9.17, 15) is 0 Å². The van der Waals surface area contributed by atoms with Crippen molar-refractivity contribution in [3.8, 4) is 6.07 Å². The van der Waals surface area contributed by atoms with E-state index in [1.165, 1.54) is 0 Å². The molecule has 1 aromatic carbocycles. The van der Waals surface area contributed by atoms with E-state index in [2.05, 4.69) is 12.6 Å². The standard InChI is InChI=1S/C15H17NO2/c1-12(11-18-15-4-2-3-9-17-15)14-7-5-13(10-16)6-8-14/h5-8,15H,1-4,9,11H2. The van der Waals surface area contributed by atoms with E-state index in [-0.39, 0.29) is 6.29 Å². The minimum atomic E-state index is -0.0890. The van der Waals surface area contributed by atoms with E-state index in [1.807, 2.05) is 12.1 Å². The van der Waals surface area contributed by atoms with Crippen molar-refractivity contribution in [3.05, 3.63) is 42.0 Å². The highest BCUT2D eigenvalue weighted by molar-refractivity contribution is 5.64. The van der Waals surface area contributed by atoms with E-state index in [4.69, 9.17) is 14.7 Å². The van der Waals surface area contributed by atoms with Crippen LogP contribution >= 0.6 is 0 Å². The van der Waals surface area contributed by atoms with Crippen molar-refractivity contribution in [1.82, 2.24) is 0 Å². The van der Waals surface area contributed by atoms with Crippen LogP contribution in [0.25, 0.3) is 5.57 Å². The van der Waals surface area contributed by atoms with Gasteiger partial charge in [0.1, 0.15) is 0 Å². The Morgan fingerprint density at radius 2 is 2.17 bits per heavy atom. The van der Waals surface area contributed by atoms with Gasteiger partial charge in [-0.3, -0.25) is 0 Å². The summed E-state index contributed by atoms with van der Waals surface area (Å²) in [6, 6.07) is 9.46. The third-order valence-corrected chi connectivity index (χ3v) is 3.00. The molecule has 0 saturated carbocycles. The van der Waals surface area contributed by atoms with E-state index in [0.717, 1.165) is 37.0 Å². The van der Waals surface area contributed by atoms with Gasteiger partial charge in [-0.25, -0.2) is 0 Å². The van der Waals surface area contributed by atoms with Crippen LogP contribution in [-0.2, 0) is 9.47 Å². The van der Waals surface area contributed by atoms with Crippen LogP contribution in [0.5, 0.6) is 0 Å². The summed E-state index contributed by atoms with van der Waals surface area (Å²) in [5.74, 6) is 0. The minimum absolute atomic E-state index is 0.0890. The van der Waals surface area contributed by atoms with E-state index < -0.39 is 0 Å². The number of rotatable bonds is 4. The number of hydrogen-bond donors (Lipinski definition) is 0. The van der Waals surface area contributed by atoms with Crippen LogP contribution in [0, 0.1) is 11.3 Å². The van der Waals surface area contributed by atoms with E-state index in [0.29, 0.717) is 12.2 Å². The van der Waals surface area contributed by atoms with Gasteiger partial charge in [0.15, 0.2) is 6.29 Å². The highest BCUT2D eigenvalue weighted by Gasteiger charge is 2.14. The lowest BCUT2D eigenvalue weighted by atomic mass is 10.1. The Kier molecular flexibility index (Phi) is 4.52. The number of hydrogen-bond acceptors (Lipinski definition) is 3. The fourth-order valence-corrected chi connectivity index (χ4v) is 1.90. The summed E-state index contributed by atoms with van der Waals surface area (Å²) in [6.45, 7) is 5.26. The number of nitriles is 1. The monoisotopic (exact) mass is 243 g/mol. The lowest BCUT2D eigenvalue weighted by Crippen LogP contribution is -2.22. The van der Waals surface area contributed by atoms with E-state index in [1.54, 1.807) is 12.1 Å². The van der Waals surface area contributed by atoms with Gasteiger partial charge in [0.25, 0.3) is 0 Å². The average Bonchev–Trinajstić information content (AvgIpc) is 2.46. The molecule has 1 heterocycles. The molecule has 94 valence electrons. The van der Waals surface area contributed by atoms with Crippen molar-refractivity contribution < 1.29 is 9.47 Å². The molecule has 0 bridgehead atoms. The molecule has 3 nitrogen and oxygen atoms in total. The third-order valence-electron chi connectivity index (χ3n) is 3.00. The van der Waals surface area contributed by atoms with Crippen molar-refractivity contribution in [3.63, 3.8) is 0 Å². The zero-order valence-electron chi connectivity index (χ0n) is 10.4. The van der Waals surface area contributed by atoms with Crippen molar-refractivity contribution in [1.29, 1.82) is 5.26 Å². The van der Waals surface area contributed by atoms with Crippen LogP contribution in [0.3, 0.4) is 0 Å². The first kappa shape index (κ1) is 12.8. The van der Waals surface area contributed by atoms with Crippen molar-refractivity contribution in [2.45, 2.75) is 25.6 Å². The summed E-state index contributed by atoms with van der Waals surface area (Å²) in [5, 5.41) is 8.73. The molecule has 0 amide bonds. The maximum atomic E-state index is 8.73. The first-order valence-corrected chi connectivity index (χ1v) is 6.21. The quantitative estimate of drug-likeness (QED) is 0.816. The van der Waals surface area contributed by atoms with Crippen molar-refractivity contribution in [2.24, 2.45) is 0 Å². The highest BCUT2D eigenvalue weighted by Crippen LogP contribution is 2.18. The van der Waals surface area contributed by atoms with Gasteiger partial charge < -0.3 is 9.47 Å². The first-order valence-electron chi connectivity index (χ1n) is 6.21. The Hall–Kier alpha value is -1.63. The van der Waals surface area contributed by atoms with Gasteiger partial charge in [0.05, 0.1) is 18.2 Å². The normalized spacial score (nSPS) is 19.2. The van der Waals surface area contributed by atoms with Gasteiger partial charge in [-0.1, -0.05) is 18.7 Å². The number of benzene rings is 1. The van der Waals surface area contributed by atoms with Crippen molar-refractivity contribution >= 4 is 5.57 Å². The first-order chi connectivity index (χ1) is 8.79. The Morgan fingerprint density at radius 3 is 2.78 bits per heavy atom. The topological polar surface area (TPSA) is 42.2 Å². The fraction of sp³-hybridized carbons (Fsp3) is 0.400. The predicted molar refractivity (Wildman–Crippen MR) is 69.7 cm³/mol. The Balaban J connectivity index is 1.85. The summed E-state index contributed by atoms with van der Waals surface area (Å²) in [7, 11) is 0. The summed E-state index contributed by atoms with van der Waals surface area (Å²) in [5.41, 5.74) is 2.57. The molecule has 0 N–H and O–H groups in total. The van der Waals surface area contributed by atoms with Crippen LogP contribution in [0.15, 0.2) is 30.8 Å². The molecule has 3 heteroatoms. The van der Waals surface area contributed by atoms with Gasteiger partial charge in [-0.2, -0.15) is 5.26 Å². The SMILES string of the molecule is C=C(COC1CCCCO1)c1ccc(C#N)cc1.